The number of carbonyl (C=O) groups excluding carboxylic acids is 1. The molecule has 1 aliphatic rings. The van der Waals surface area contributed by atoms with Crippen molar-refractivity contribution in [3.8, 4) is 11.3 Å². The summed E-state index contributed by atoms with van der Waals surface area (Å²) in [5.74, 6) is 0.142. The summed E-state index contributed by atoms with van der Waals surface area (Å²) < 4.78 is 1.90. The SMILES string of the molecule is C=CC(=O)N1Cc2sc(C)cc2[C@@H](c2ccccc2-c2ccnn2C)C1. The van der Waals surface area contributed by atoms with Crippen LogP contribution in [0.5, 0.6) is 0 Å². The maximum Gasteiger partial charge on any atom is 0.246 e. The molecule has 0 saturated carbocycles. The predicted molar refractivity (Wildman–Crippen MR) is 105 cm³/mol. The minimum Gasteiger partial charge on any atom is -0.333 e. The number of thiophene rings is 1. The van der Waals surface area contributed by atoms with Crippen molar-refractivity contribution >= 4 is 17.2 Å². The normalized spacial score (nSPS) is 16.4. The van der Waals surface area contributed by atoms with Crippen molar-refractivity contribution in [3.05, 3.63) is 76.1 Å². The van der Waals surface area contributed by atoms with Gasteiger partial charge in [-0.25, -0.2) is 0 Å². The fourth-order valence-corrected chi connectivity index (χ4v) is 4.91. The van der Waals surface area contributed by atoms with E-state index in [1.165, 1.54) is 32.5 Å². The number of hydrogen-bond acceptors (Lipinski definition) is 3. The topological polar surface area (TPSA) is 38.1 Å². The first-order valence-corrected chi connectivity index (χ1v) is 9.48. The van der Waals surface area contributed by atoms with Crippen LogP contribution in [0.1, 0.15) is 26.8 Å². The highest BCUT2D eigenvalue weighted by Crippen LogP contribution is 2.41. The van der Waals surface area contributed by atoms with Gasteiger partial charge >= 0.3 is 0 Å². The van der Waals surface area contributed by atoms with Gasteiger partial charge in [-0.15, -0.1) is 11.3 Å². The fraction of sp³-hybridized carbons (Fsp3) is 0.238. The number of amides is 1. The molecule has 5 heteroatoms. The van der Waals surface area contributed by atoms with Crippen LogP contribution in [-0.2, 0) is 18.4 Å². The van der Waals surface area contributed by atoms with Gasteiger partial charge in [-0.2, -0.15) is 5.10 Å². The summed E-state index contributed by atoms with van der Waals surface area (Å²) in [4.78, 5) is 16.8. The molecule has 0 N–H and O–H groups in total. The van der Waals surface area contributed by atoms with Crippen molar-refractivity contribution in [1.82, 2.24) is 14.7 Å². The van der Waals surface area contributed by atoms with Crippen molar-refractivity contribution < 1.29 is 4.79 Å². The van der Waals surface area contributed by atoms with E-state index >= 15 is 0 Å². The zero-order chi connectivity index (χ0) is 18.3. The Hall–Kier alpha value is -2.66. The third-order valence-electron chi connectivity index (χ3n) is 5.00. The molecule has 0 aliphatic carbocycles. The van der Waals surface area contributed by atoms with E-state index in [0.717, 1.165) is 5.69 Å². The molecule has 1 amide bonds. The van der Waals surface area contributed by atoms with Crippen LogP contribution in [0.2, 0.25) is 0 Å². The monoisotopic (exact) mass is 363 g/mol. The second-order valence-corrected chi connectivity index (χ2v) is 7.98. The minimum atomic E-state index is -0.00952. The van der Waals surface area contributed by atoms with Crippen LogP contribution >= 0.6 is 11.3 Å². The number of carbonyl (C=O) groups is 1. The highest BCUT2D eigenvalue weighted by atomic mass is 32.1. The lowest BCUT2D eigenvalue weighted by Crippen LogP contribution is -2.37. The Labute approximate surface area is 157 Å². The summed E-state index contributed by atoms with van der Waals surface area (Å²) in [6, 6.07) is 12.8. The van der Waals surface area contributed by atoms with Gasteiger partial charge < -0.3 is 4.90 Å². The zero-order valence-corrected chi connectivity index (χ0v) is 15.8. The van der Waals surface area contributed by atoms with E-state index in [1.807, 2.05) is 28.9 Å². The summed E-state index contributed by atoms with van der Waals surface area (Å²) in [5, 5.41) is 4.33. The van der Waals surface area contributed by atoms with Gasteiger partial charge in [0.15, 0.2) is 0 Å². The molecule has 0 unspecified atom stereocenters. The first-order valence-electron chi connectivity index (χ1n) is 8.66. The number of benzene rings is 1. The van der Waals surface area contributed by atoms with E-state index in [4.69, 9.17) is 0 Å². The van der Waals surface area contributed by atoms with Gasteiger partial charge in [0.25, 0.3) is 0 Å². The summed E-state index contributed by atoms with van der Waals surface area (Å²) in [6.07, 6.45) is 3.23. The van der Waals surface area contributed by atoms with Crippen LogP contribution in [0, 0.1) is 6.92 Å². The molecule has 0 fully saturated rings. The van der Waals surface area contributed by atoms with Crippen LogP contribution in [-0.4, -0.2) is 27.1 Å². The first-order chi connectivity index (χ1) is 12.6. The Bertz CT molecular complexity index is 985. The van der Waals surface area contributed by atoms with Gasteiger partial charge in [-0.1, -0.05) is 30.8 Å². The van der Waals surface area contributed by atoms with E-state index in [2.05, 4.69) is 48.9 Å². The highest BCUT2D eigenvalue weighted by molar-refractivity contribution is 7.12. The molecule has 132 valence electrons. The van der Waals surface area contributed by atoms with E-state index in [0.29, 0.717) is 13.1 Å². The number of aryl methyl sites for hydroxylation is 2. The molecular weight excluding hydrogens is 342 g/mol. The Kier molecular flexibility index (Phi) is 4.24. The van der Waals surface area contributed by atoms with Crippen LogP contribution in [0.25, 0.3) is 11.3 Å². The largest absolute Gasteiger partial charge is 0.333 e. The van der Waals surface area contributed by atoms with Gasteiger partial charge in [-0.05, 0) is 36.3 Å². The lowest BCUT2D eigenvalue weighted by atomic mass is 9.84. The highest BCUT2D eigenvalue weighted by Gasteiger charge is 2.31. The van der Waals surface area contributed by atoms with Crippen molar-refractivity contribution in [1.29, 1.82) is 0 Å². The van der Waals surface area contributed by atoms with Crippen LogP contribution in [0.4, 0.5) is 0 Å². The smallest absolute Gasteiger partial charge is 0.246 e. The average molecular weight is 363 g/mol. The molecule has 2 aromatic heterocycles. The first kappa shape index (κ1) is 16.8. The Balaban J connectivity index is 1.86. The van der Waals surface area contributed by atoms with E-state index < -0.39 is 0 Å². The quantitative estimate of drug-likeness (QED) is 0.657. The maximum atomic E-state index is 12.3. The second-order valence-electron chi connectivity index (χ2n) is 6.64. The molecule has 0 spiro atoms. The Morgan fingerprint density at radius 2 is 2.12 bits per heavy atom. The van der Waals surface area contributed by atoms with Gasteiger partial charge in [-0.3, -0.25) is 9.48 Å². The van der Waals surface area contributed by atoms with E-state index in [-0.39, 0.29) is 11.8 Å². The Morgan fingerprint density at radius 3 is 2.85 bits per heavy atom. The molecule has 0 saturated heterocycles. The third kappa shape index (κ3) is 2.78. The van der Waals surface area contributed by atoms with Gasteiger partial charge in [0.05, 0.1) is 12.2 Å². The summed E-state index contributed by atoms with van der Waals surface area (Å²) >= 11 is 1.78. The van der Waals surface area contributed by atoms with Gasteiger partial charge in [0, 0.05) is 41.0 Å². The molecule has 1 atom stereocenters. The van der Waals surface area contributed by atoms with Crippen LogP contribution < -0.4 is 0 Å². The van der Waals surface area contributed by atoms with E-state index in [1.54, 1.807) is 11.3 Å². The average Bonchev–Trinajstić information content (AvgIpc) is 3.24. The zero-order valence-electron chi connectivity index (χ0n) is 15.0. The maximum absolute atomic E-state index is 12.3. The van der Waals surface area contributed by atoms with Crippen LogP contribution in [0.15, 0.2) is 55.3 Å². The Morgan fingerprint density at radius 1 is 1.31 bits per heavy atom. The fourth-order valence-electron chi connectivity index (χ4n) is 3.79. The number of aromatic nitrogens is 2. The lowest BCUT2D eigenvalue weighted by molar-refractivity contribution is -0.127. The van der Waals surface area contributed by atoms with Gasteiger partial charge in [0.1, 0.15) is 0 Å². The predicted octanol–water partition coefficient (Wildman–Crippen LogP) is 4.12. The van der Waals surface area contributed by atoms with Crippen molar-refractivity contribution in [2.75, 3.05) is 6.54 Å². The lowest BCUT2D eigenvalue weighted by Gasteiger charge is -2.33. The number of nitrogens with zero attached hydrogens (tertiary/aromatic N) is 3. The van der Waals surface area contributed by atoms with E-state index in [9.17, 15) is 4.79 Å². The summed E-state index contributed by atoms with van der Waals surface area (Å²) in [7, 11) is 1.96. The van der Waals surface area contributed by atoms with Crippen molar-refractivity contribution in [2.24, 2.45) is 7.05 Å². The third-order valence-corrected chi connectivity index (χ3v) is 6.05. The summed E-state index contributed by atoms with van der Waals surface area (Å²) in [5.41, 5.74) is 4.83. The molecule has 1 aromatic carbocycles. The molecule has 3 aromatic rings. The molecule has 0 radical (unpaired) electrons. The number of fused-ring (bicyclic) bond motifs is 1. The number of hydrogen-bond donors (Lipinski definition) is 0. The molecule has 4 nitrogen and oxygen atoms in total. The standard InChI is InChI=1S/C21H21N3OS/c1-4-21(25)24-12-18(17-11-14(2)26-20(17)13-24)15-7-5-6-8-16(15)19-9-10-22-23(19)3/h4-11,18H,1,12-13H2,2-3H3/t18-/m1/s1. The molecule has 26 heavy (non-hydrogen) atoms. The molecule has 4 rings (SSSR count). The second kappa shape index (κ2) is 6.57. The van der Waals surface area contributed by atoms with Crippen molar-refractivity contribution in [2.45, 2.75) is 19.4 Å². The summed E-state index contributed by atoms with van der Waals surface area (Å²) in [6.45, 7) is 7.14. The number of rotatable bonds is 3. The molecular formula is C21H21N3OS. The molecule has 3 heterocycles. The van der Waals surface area contributed by atoms with Gasteiger partial charge in [0.2, 0.25) is 5.91 Å². The van der Waals surface area contributed by atoms with Crippen LogP contribution in [0.3, 0.4) is 0 Å². The van der Waals surface area contributed by atoms with Crippen molar-refractivity contribution in [3.63, 3.8) is 0 Å². The molecule has 1 aliphatic heterocycles. The molecule has 0 bridgehead atoms. The minimum absolute atomic E-state index is 0.00952.